The molecule has 2 aliphatic rings. The Kier molecular flexibility index (Phi) is 4.82. The van der Waals surface area contributed by atoms with Crippen molar-refractivity contribution < 1.29 is 17.9 Å². The second-order valence-corrected chi connectivity index (χ2v) is 8.87. The number of carbonyl (C=O) groups is 1. The first-order valence-corrected chi connectivity index (χ1v) is 10.7. The summed E-state index contributed by atoms with van der Waals surface area (Å²) >= 11 is 0. The highest BCUT2D eigenvalue weighted by Gasteiger charge is 2.44. The van der Waals surface area contributed by atoms with Crippen LogP contribution in [0.25, 0.3) is 12.2 Å². The molecule has 1 fully saturated rings. The van der Waals surface area contributed by atoms with Crippen LogP contribution in [0.2, 0.25) is 0 Å². The Labute approximate surface area is 164 Å². The molecule has 0 radical (unpaired) electrons. The summed E-state index contributed by atoms with van der Waals surface area (Å²) in [6.45, 7) is 0.526. The molecule has 0 bridgehead atoms. The lowest BCUT2D eigenvalue weighted by molar-refractivity contribution is 0.00592. The summed E-state index contributed by atoms with van der Waals surface area (Å²) in [7, 11) is -3.70. The minimum absolute atomic E-state index is 0.0280. The number of ketones is 1. The van der Waals surface area contributed by atoms with Gasteiger partial charge in [0, 0.05) is 25.9 Å². The van der Waals surface area contributed by atoms with Crippen molar-refractivity contribution in [2.75, 3.05) is 13.1 Å². The van der Waals surface area contributed by atoms with Crippen molar-refractivity contribution in [3.05, 3.63) is 65.2 Å². The first-order chi connectivity index (χ1) is 13.3. The molecular weight excluding hydrogens is 376 g/mol. The van der Waals surface area contributed by atoms with E-state index in [0.717, 1.165) is 11.1 Å². The van der Waals surface area contributed by atoms with Crippen molar-refractivity contribution in [2.45, 2.75) is 24.9 Å². The predicted molar refractivity (Wildman–Crippen MR) is 108 cm³/mol. The van der Waals surface area contributed by atoms with E-state index in [1.807, 2.05) is 60.7 Å². The predicted octanol–water partition coefficient (Wildman–Crippen LogP) is 2.86. The van der Waals surface area contributed by atoms with Crippen LogP contribution in [0, 0.1) is 0 Å². The number of benzene rings is 2. The van der Waals surface area contributed by atoms with Crippen LogP contribution in [0.15, 0.2) is 48.5 Å². The van der Waals surface area contributed by atoms with Crippen LogP contribution in [0.3, 0.4) is 0 Å². The lowest BCUT2D eigenvalue weighted by Gasteiger charge is -2.43. The molecular formula is C21H22N2O4S. The molecule has 2 heterocycles. The van der Waals surface area contributed by atoms with Crippen LogP contribution >= 0.6 is 0 Å². The molecule has 0 aromatic heterocycles. The van der Waals surface area contributed by atoms with Gasteiger partial charge in [0.25, 0.3) is 10.2 Å². The number of nitrogens with two attached hydrogens (primary N) is 1. The van der Waals surface area contributed by atoms with E-state index < -0.39 is 15.8 Å². The van der Waals surface area contributed by atoms with Crippen molar-refractivity contribution in [3.8, 4) is 5.75 Å². The van der Waals surface area contributed by atoms with Gasteiger partial charge in [0.2, 0.25) is 0 Å². The van der Waals surface area contributed by atoms with Crippen LogP contribution in [-0.2, 0) is 10.2 Å². The molecule has 2 aromatic rings. The van der Waals surface area contributed by atoms with Gasteiger partial charge in [0.05, 0.1) is 12.0 Å². The van der Waals surface area contributed by atoms with E-state index in [1.165, 1.54) is 4.31 Å². The van der Waals surface area contributed by atoms with E-state index in [0.29, 0.717) is 24.2 Å². The molecule has 1 saturated heterocycles. The molecule has 1 spiro atoms. The van der Waals surface area contributed by atoms with E-state index in [2.05, 4.69) is 0 Å². The largest absolute Gasteiger partial charge is 0.486 e. The van der Waals surface area contributed by atoms with Gasteiger partial charge in [-0.25, -0.2) is 5.14 Å². The first kappa shape index (κ1) is 18.9. The number of Topliss-reactive ketones (excluding diaryl/α,β-unsaturated/α-hetero) is 1. The minimum atomic E-state index is -3.70. The van der Waals surface area contributed by atoms with E-state index in [9.17, 15) is 13.2 Å². The van der Waals surface area contributed by atoms with Gasteiger partial charge in [0.15, 0.2) is 5.78 Å². The Morgan fingerprint density at radius 1 is 1.00 bits per heavy atom. The Bertz CT molecular complexity index is 1020. The molecule has 0 unspecified atom stereocenters. The molecule has 7 heteroatoms. The van der Waals surface area contributed by atoms with E-state index >= 15 is 0 Å². The summed E-state index contributed by atoms with van der Waals surface area (Å²) in [6.07, 6.45) is 5.12. The summed E-state index contributed by atoms with van der Waals surface area (Å²) in [5.41, 5.74) is 1.95. The molecule has 0 aliphatic carbocycles. The van der Waals surface area contributed by atoms with Gasteiger partial charge < -0.3 is 4.74 Å². The summed E-state index contributed by atoms with van der Waals surface area (Å²) < 4.78 is 30.5. The highest BCUT2D eigenvalue weighted by Crippen LogP contribution is 2.40. The van der Waals surface area contributed by atoms with Crippen LogP contribution < -0.4 is 9.88 Å². The molecule has 2 aliphatic heterocycles. The van der Waals surface area contributed by atoms with Crippen molar-refractivity contribution in [3.63, 3.8) is 0 Å². The van der Waals surface area contributed by atoms with Gasteiger partial charge in [-0.05, 0) is 23.3 Å². The van der Waals surface area contributed by atoms with Crippen molar-refractivity contribution >= 4 is 28.1 Å². The first-order valence-electron chi connectivity index (χ1n) is 9.22. The lowest BCUT2D eigenvalue weighted by Crippen LogP contribution is -2.53. The number of nitrogens with zero attached hydrogens (tertiary/aromatic N) is 1. The van der Waals surface area contributed by atoms with Gasteiger partial charge in [0.1, 0.15) is 11.4 Å². The number of ether oxygens (including phenoxy) is 1. The maximum Gasteiger partial charge on any atom is 0.276 e. The van der Waals surface area contributed by atoms with Gasteiger partial charge in [-0.2, -0.15) is 12.7 Å². The zero-order chi connectivity index (χ0) is 19.8. The van der Waals surface area contributed by atoms with Gasteiger partial charge >= 0.3 is 0 Å². The highest BCUT2D eigenvalue weighted by atomic mass is 32.2. The van der Waals surface area contributed by atoms with E-state index in [1.54, 1.807) is 0 Å². The van der Waals surface area contributed by atoms with Crippen molar-refractivity contribution in [2.24, 2.45) is 5.14 Å². The minimum Gasteiger partial charge on any atom is -0.486 e. The Morgan fingerprint density at radius 2 is 1.68 bits per heavy atom. The zero-order valence-electron chi connectivity index (χ0n) is 15.4. The third-order valence-electron chi connectivity index (χ3n) is 5.37. The van der Waals surface area contributed by atoms with Crippen LogP contribution in [0.4, 0.5) is 0 Å². The third-order valence-corrected chi connectivity index (χ3v) is 6.46. The Hall–Kier alpha value is -2.48. The topological polar surface area (TPSA) is 89.7 Å². The fraction of sp³-hybridized carbons (Fsp3) is 0.286. The average Bonchev–Trinajstić information content (AvgIpc) is 2.67. The number of hydrogen-bond donors (Lipinski definition) is 1. The van der Waals surface area contributed by atoms with Gasteiger partial charge in [-0.3, -0.25) is 4.79 Å². The van der Waals surface area contributed by atoms with Gasteiger partial charge in [-0.15, -0.1) is 0 Å². The van der Waals surface area contributed by atoms with Crippen LogP contribution in [0.5, 0.6) is 5.75 Å². The monoisotopic (exact) mass is 398 g/mol. The molecule has 28 heavy (non-hydrogen) atoms. The number of piperidine rings is 1. The van der Waals surface area contributed by atoms with Crippen LogP contribution in [-0.4, -0.2) is 37.2 Å². The molecule has 0 amide bonds. The van der Waals surface area contributed by atoms with Crippen LogP contribution in [0.1, 0.15) is 40.7 Å². The van der Waals surface area contributed by atoms with E-state index in [-0.39, 0.29) is 25.3 Å². The maximum absolute atomic E-state index is 12.8. The standard InChI is InChI=1S/C21H22N2O4S/c22-28(25,26)23-12-10-21(11-13-23)15-19(24)18-14-17(8-9-20(18)27-21)7-6-16-4-2-1-3-5-16/h1-9,14H,10-13,15H2,(H2,22,25,26)/b7-6+. The van der Waals surface area contributed by atoms with Gasteiger partial charge in [-0.1, -0.05) is 48.6 Å². The third kappa shape index (κ3) is 3.87. The smallest absolute Gasteiger partial charge is 0.276 e. The number of fused-ring (bicyclic) bond motifs is 1. The molecule has 4 rings (SSSR count). The number of hydrogen-bond acceptors (Lipinski definition) is 4. The zero-order valence-corrected chi connectivity index (χ0v) is 16.2. The fourth-order valence-electron chi connectivity index (χ4n) is 3.80. The molecule has 146 valence electrons. The fourth-order valence-corrected chi connectivity index (χ4v) is 4.49. The second-order valence-electron chi connectivity index (χ2n) is 7.33. The summed E-state index contributed by atoms with van der Waals surface area (Å²) in [5, 5.41) is 5.20. The number of carbonyl (C=O) groups excluding carboxylic acids is 1. The Morgan fingerprint density at radius 3 is 2.36 bits per heavy atom. The second kappa shape index (κ2) is 7.16. The molecule has 2 aromatic carbocycles. The molecule has 0 saturated carbocycles. The lowest BCUT2D eigenvalue weighted by atomic mass is 9.82. The summed E-state index contributed by atoms with van der Waals surface area (Å²) in [5.74, 6) is 0.595. The molecule has 0 atom stereocenters. The molecule has 6 nitrogen and oxygen atoms in total. The maximum atomic E-state index is 12.8. The summed E-state index contributed by atoms with van der Waals surface area (Å²) in [6, 6.07) is 15.5. The normalized spacial score (nSPS) is 19.5. The van der Waals surface area contributed by atoms with Crippen molar-refractivity contribution in [1.29, 1.82) is 0 Å². The summed E-state index contributed by atoms with van der Waals surface area (Å²) in [4.78, 5) is 12.8. The number of rotatable bonds is 3. The Balaban J connectivity index is 1.52. The quantitative estimate of drug-likeness (QED) is 0.805. The SMILES string of the molecule is NS(=O)(=O)N1CCC2(CC1)CC(=O)c1cc(/C=C/c3ccccc3)ccc1O2. The van der Waals surface area contributed by atoms with Crippen molar-refractivity contribution in [1.82, 2.24) is 4.31 Å². The molecule has 2 N–H and O–H groups in total. The van der Waals surface area contributed by atoms with E-state index in [4.69, 9.17) is 9.88 Å². The average molecular weight is 398 g/mol. The highest BCUT2D eigenvalue weighted by molar-refractivity contribution is 7.86.